The van der Waals surface area contributed by atoms with Crippen molar-refractivity contribution in [2.75, 3.05) is 13.1 Å². The van der Waals surface area contributed by atoms with Crippen LogP contribution in [0, 0.1) is 5.92 Å². The number of hydrogen-bond donors (Lipinski definition) is 1. The van der Waals surface area contributed by atoms with Gasteiger partial charge in [0, 0.05) is 18.5 Å². The number of hydrogen-bond acceptors (Lipinski definition) is 3. The van der Waals surface area contributed by atoms with Gasteiger partial charge in [0.25, 0.3) is 0 Å². The number of likely N-dealkylation sites (tertiary alicyclic amines) is 1. The zero-order chi connectivity index (χ0) is 18.7. The van der Waals surface area contributed by atoms with E-state index in [1.165, 1.54) is 0 Å². The molecule has 0 aromatic heterocycles. The average Bonchev–Trinajstić information content (AvgIpc) is 2.65. The van der Waals surface area contributed by atoms with Crippen molar-refractivity contribution in [2.45, 2.75) is 44.0 Å². The lowest BCUT2D eigenvalue weighted by atomic mass is 10.0. The SMILES string of the molecule is CC(C)C(NS(=O)(=O)c1cccc2ccccc12)C(=O)N1CCCCC1. The molecule has 1 atom stereocenters. The summed E-state index contributed by atoms with van der Waals surface area (Å²) in [7, 11) is -3.81. The predicted octanol–water partition coefficient (Wildman–Crippen LogP) is 3.16. The number of sulfonamides is 1. The first-order chi connectivity index (χ1) is 12.4. The normalized spacial score (nSPS) is 16.8. The van der Waals surface area contributed by atoms with Gasteiger partial charge in [0.1, 0.15) is 6.04 Å². The van der Waals surface area contributed by atoms with Gasteiger partial charge in [-0.3, -0.25) is 4.79 Å². The van der Waals surface area contributed by atoms with E-state index in [1.54, 1.807) is 23.1 Å². The molecule has 1 heterocycles. The van der Waals surface area contributed by atoms with Crippen molar-refractivity contribution < 1.29 is 13.2 Å². The van der Waals surface area contributed by atoms with Gasteiger partial charge in [-0.05, 0) is 36.6 Å². The van der Waals surface area contributed by atoms with E-state index in [2.05, 4.69) is 4.72 Å². The average molecular weight is 375 g/mol. The van der Waals surface area contributed by atoms with Gasteiger partial charge in [-0.15, -0.1) is 0 Å². The third-order valence-corrected chi connectivity index (χ3v) is 6.42. The highest BCUT2D eigenvalue weighted by molar-refractivity contribution is 7.89. The summed E-state index contributed by atoms with van der Waals surface area (Å²) in [6.07, 6.45) is 3.08. The molecule has 1 unspecified atom stereocenters. The highest BCUT2D eigenvalue weighted by Crippen LogP contribution is 2.24. The summed E-state index contributed by atoms with van der Waals surface area (Å²) < 4.78 is 28.8. The van der Waals surface area contributed by atoms with Crippen molar-refractivity contribution in [1.29, 1.82) is 0 Å². The molecule has 1 fully saturated rings. The number of rotatable bonds is 5. The molecule has 1 saturated heterocycles. The van der Waals surface area contributed by atoms with Crippen LogP contribution >= 0.6 is 0 Å². The Morgan fingerprint density at radius 2 is 1.65 bits per heavy atom. The Balaban J connectivity index is 1.91. The number of nitrogens with zero attached hydrogens (tertiary/aromatic N) is 1. The van der Waals surface area contributed by atoms with Gasteiger partial charge in [-0.25, -0.2) is 8.42 Å². The molecular formula is C20H26N2O3S. The molecule has 0 saturated carbocycles. The van der Waals surface area contributed by atoms with Crippen LogP contribution < -0.4 is 4.72 Å². The number of piperidine rings is 1. The fourth-order valence-corrected chi connectivity index (χ4v) is 5.01. The maximum Gasteiger partial charge on any atom is 0.241 e. The summed E-state index contributed by atoms with van der Waals surface area (Å²) in [5, 5.41) is 1.52. The summed E-state index contributed by atoms with van der Waals surface area (Å²) in [4.78, 5) is 14.9. The van der Waals surface area contributed by atoms with Crippen molar-refractivity contribution in [3.8, 4) is 0 Å². The van der Waals surface area contributed by atoms with E-state index in [0.29, 0.717) is 18.5 Å². The van der Waals surface area contributed by atoms with Crippen LogP contribution in [-0.2, 0) is 14.8 Å². The van der Waals surface area contributed by atoms with Gasteiger partial charge >= 0.3 is 0 Å². The smallest absolute Gasteiger partial charge is 0.241 e. The minimum atomic E-state index is -3.81. The Labute approximate surface area is 155 Å². The number of carbonyl (C=O) groups is 1. The molecule has 1 aliphatic heterocycles. The third kappa shape index (κ3) is 3.91. The Morgan fingerprint density at radius 3 is 2.35 bits per heavy atom. The monoisotopic (exact) mass is 374 g/mol. The second-order valence-corrected chi connectivity index (χ2v) is 8.89. The molecule has 0 spiro atoms. The number of amides is 1. The van der Waals surface area contributed by atoms with Crippen molar-refractivity contribution in [1.82, 2.24) is 9.62 Å². The fraction of sp³-hybridized carbons (Fsp3) is 0.450. The van der Waals surface area contributed by atoms with Gasteiger partial charge in [0.15, 0.2) is 0 Å². The van der Waals surface area contributed by atoms with Gasteiger partial charge in [0.05, 0.1) is 4.90 Å². The van der Waals surface area contributed by atoms with E-state index < -0.39 is 16.1 Å². The molecule has 140 valence electrons. The van der Waals surface area contributed by atoms with E-state index in [-0.39, 0.29) is 16.7 Å². The van der Waals surface area contributed by atoms with Gasteiger partial charge in [-0.2, -0.15) is 4.72 Å². The standard InChI is InChI=1S/C20H26N2O3S/c1-15(2)19(20(23)22-13-6-3-7-14-22)21-26(24,25)18-12-8-10-16-9-4-5-11-17(16)18/h4-5,8-12,15,19,21H,3,6-7,13-14H2,1-2H3. The molecule has 0 bridgehead atoms. The summed E-state index contributed by atoms with van der Waals surface area (Å²) >= 11 is 0. The summed E-state index contributed by atoms with van der Waals surface area (Å²) in [6.45, 7) is 5.16. The quantitative estimate of drug-likeness (QED) is 0.874. The first-order valence-electron chi connectivity index (χ1n) is 9.19. The molecule has 1 amide bonds. The highest BCUT2D eigenvalue weighted by atomic mass is 32.2. The largest absolute Gasteiger partial charge is 0.341 e. The van der Waals surface area contributed by atoms with E-state index in [0.717, 1.165) is 24.6 Å². The number of fused-ring (bicyclic) bond motifs is 1. The van der Waals surface area contributed by atoms with Crippen molar-refractivity contribution >= 4 is 26.7 Å². The van der Waals surface area contributed by atoms with Crippen LogP contribution in [0.5, 0.6) is 0 Å². The first kappa shape index (κ1) is 18.9. The lowest BCUT2D eigenvalue weighted by molar-refractivity contribution is -0.134. The third-order valence-electron chi connectivity index (χ3n) is 4.92. The van der Waals surface area contributed by atoms with E-state index in [4.69, 9.17) is 0 Å². The Hall–Kier alpha value is -1.92. The topological polar surface area (TPSA) is 66.5 Å². The number of benzene rings is 2. The van der Waals surface area contributed by atoms with Gasteiger partial charge < -0.3 is 4.90 Å². The minimum absolute atomic E-state index is 0.122. The van der Waals surface area contributed by atoms with Crippen LogP contribution in [0.3, 0.4) is 0 Å². The minimum Gasteiger partial charge on any atom is -0.341 e. The second kappa shape index (κ2) is 7.76. The predicted molar refractivity (Wildman–Crippen MR) is 103 cm³/mol. The van der Waals surface area contributed by atoms with E-state index in [1.807, 2.05) is 38.1 Å². The maximum absolute atomic E-state index is 13.1. The van der Waals surface area contributed by atoms with Gasteiger partial charge in [-0.1, -0.05) is 50.2 Å². The van der Waals surface area contributed by atoms with Crippen molar-refractivity contribution in [2.24, 2.45) is 5.92 Å². The summed E-state index contributed by atoms with van der Waals surface area (Å²) in [6, 6.07) is 11.8. The number of nitrogens with one attached hydrogen (secondary N) is 1. The molecular weight excluding hydrogens is 348 g/mol. The number of carbonyl (C=O) groups excluding carboxylic acids is 1. The van der Waals surface area contributed by atoms with Crippen LogP contribution in [0.4, 0.5) is 0 Å². The van der Waals surface area contributed by atoms with E-state index in [9.17, 15) is 13.2 Å². The molecule has 2 aromatic carbocycles. The molecule has 0 radical (unpaired) electrons. The van der Waals surface area contributed by atoms with E-state index >= 15 is 0 Å². The Bertz CT molecular complexity index is 882. The van der Waals surface area contributed by atoms with Crippen LogP contribution in [0.15, 0.2) is 47.4 Å². The molecule has 1 N–H and O–H groups in total. The van der Waals surface area contributed by atoms with Crippen molar-refractivity contribution in [3.63, 3.8) is 0 Å². The fourth-order valence-electron chi connectivity index (χ4n) is 3.44. The van der Waals surface area contributed by atoms with Crippen LogP contribution in [0.1, 0.15) is 33.1 Å². The maximum atomic E-state index is 13.1. The van der Waals surface area contributed by atoms with Gasteiger partial charge in [0.2, 0.25) is 15.9 Å². The first-order valence-corrected chi connectivity index (χ1v) is 10.7. The zero-order valence-electron chi connectivity index (χ0n) is 15.3. The summed E-state index contributed by atoms with van der Waals surface area (Å²) in [5.74, 6) is -0.252. The van der Waals surface area contributed by atoms with Crippen molar-refractivity contribution in [3.05, 3.63) is 42.5 Å². The zero-order valence-corrected chi connectivity index (χ0v) is 16.1. The molecule has 5 nitrogen and oxygen atoms in total. The Kier molecular flexibility index (Phi) is 5.63. The lowest BCUT2D eigenvalue weighted by Gasteiger charge is -2.32. The molecule has 2 aromatic rings. The lowest BCUT2D eigenvalue weighted by Crippen LogP contribution is -2.52. The van der Waals surface area contributed by atoms with Crippen LogP contribution in [0.25, 0.3) is 10.8 Å². The molecule has 26 heavy (non-hydrogen) atoms. The molecule has 6 heteroatoms. The molecule has 3 rings (SSSR count). The molecule has 1 aliphatic rings. The second-order valence-electron chi connectivity index (χ2n) is 7.21. The van der Waals surface area contributed by atoms with Crippen LogP contribution in [0.2, 0.25) is 0 Å². The summed E-state index contributed by atoms with van der Waals surface area (Å²) in [5.41, 5.74) is 0. The Morgan fingerprint density at radius 1 is 1.00 bits per heavy atom. The molecule has 0 aliphatic carbocycles. The highest BCUT2D eigenvalue weighted by Gasteiger charge is 2.32. The van der Waals surface area contributed by atoms with Crippen LogP contribution in [-0.4, -0.2) is 38.4 Å².